The van der Waals surface area contributed by atoms with Crippen molar-refractivity contribution in [3.63, 3.8) is 0 Å². The van der Waals surface area contributed by atoms with Crippen LogP contribution < -0.4 is 5.73 Å². The van der Waals surface area contributed by atoms with Crippen molar-refractivity contribution >= 4 is 17.2 Å². The minimum absolute atomic E-state index is 0.162. The van der Waals surface area contributed by atoms with Crippen LogP contribution in [0.5, 0.6) is 0 Å². The van der Waals surface area contributed by atoms with Crippen molar-refractivity contribution in [3.8, 4) is 0 Å². The van der Waals surface area contributed by atoms with Gasteiger partial charge in [-0.1, -0.05) is 31.3 Å². The van der Waals surface area contributed by atoms with Crippen LogP contribution in [0.15, 0.2) is 18.2 Å². The molecular formula is C11H14FNS. The molecule has 0 aliphatic rings. The Kier molecular flexibility index (Phi) is 3.58. The van der Waals surface area contributed by atoms with Crippen molar-refractivity contribution in [2.75, 3.05) is 0 Å². The van der Waals surface area contributed by atoms with Gasteiger partial charge in [-0.2, -0.15) is 0 Å². The zero-order chi connectivity index (χ0) is 10.7. The lowest BCUT2D eigenvalue weighted by atomic mass is 10.00. The Labute approximate surface area is 89.1 Å². The molecule has 0 aliphatic carbocycles. The van der Waals surface area contributed by atoms with Gasteiger partial charge in [-0.15, -0.1) is 0 Å². The second-order valence-corrected chi connectivity index (χ2v) is 4.06. The predicted octanol–water partition coefficient (Wildman–Crippen LogP) is 2.60. The van der Waals surface area contributed by atoms with Crippen molar-refractivity contribution in [1.82, 2.24) is 0 Å². The van der Waals surface area contributed by atoms with Gasteiger partial charge in [-0.05, 0) is 30.5 Å². The number of hydrogen-bond acceptors (Lipinski definition) is 1. The van der Waals surface area contributed by atoms with E-state index in [4.69, 9.17) is 18.0 Å². The first kappa shape index (κ1) is 11.1. The van der Waals surface area contributed by atoms with Crippen molar-refractivity contribution < 1.29 is 4.39 Å². The molecule has 2 N–H and O–H groups in total. The lowest BCUT2D eigenvalue weighted by Crippen LogP contribution is -2.20. The second kappa shape index (κ2) is 4.51. The van der Waals surface area contributed by atoms with Crippen LogP contribution >= 0.6 is 12.2 Å². The van der Waals surface area contributed by atoms with Gasteiger partial charge in [-0.25, -0.2) is 4.39 Å². The Balaban J connectivity index is 2.78. The van der Waals surface area contributed by atoms with Crippen LogP contribution in [0.25, 0.3) is 0 Å². The van der Waals surface area contributed by atoms with E-state index in [-0.39, 0.29) is 11.7 Å². The van der Waals surface area contributed by atoms with Crippen molar-refractivity contribution in [3.05, 3.63) is 35.1 Å². The Bertz CT molecular complexity index is 349. The van der Waals surface area contributed by atoms with E-state index < -0.39 is 0 Å². The molecule has 0 heterocycles. The standard InChI is InChI=1S/C11H14FNS/c1-7-5-9(3-4-10(7)12)6-8(2)11(13)14/h3-5,8H,6H2,1-2H3,(H2,13,14). The van der Waals surface area contributed by atoms with Crippen LogP contribution in [0.1, 0.15) is 18.1 Å². The van der Waals surface area contributed by atoms with E-state index in [1.807, 2.05) is 13.0 Å². The molecule has 1 aromatic carbocycles. The molecule has 1 rings (SSSR count). The first-order valence-electron chi connectivity index (χ1n) is 4.55. The molecule has 0 bridgehead atoms. The summed E-state index contributed by atoms with van der Waals surface area (Å²) in [6, 6.07) is 5.10. The van der Waals surface area contributed by atoms with Crippen LogP contribution in [-0.4, -0.2) is 4.99 Å². The van der Waals surface area contributed by atoms with Crippen molar-refractivity contribution in [2.45, 2.75) is 20.3 Å². The highest BCUT2D eigenvalue weighted by Gasteiger charge is 2.07. The number of halogens is 1. The molecule has 0 fully saturated rings. The quantitative estimate of drug-likeness (QED) is 0.778. The summed E-state index contributed by atoms with van der Waals surface area (Å²) in [5.74, 6) is -0.00779. The van der Waals surface area contributed by atoms with Crippen LogP contribution in [0.3, 0.4) is 0 Å². The van der Waals surface area contributed by atoms with Crippen LogP contribution in [0.4, 0.5) is 4.39 Å². The van der Waals surface area contributed by atoms with Gasteiger partial charge in [-0.3, -0.25) is 0 Å². The minimum atomic E-state index is -0.170. The molecule has 1 aromatic rings. The average Bonchev–Trinajstić information content (AvgIpc) is 2.11. The molecule has 0 aliphatic heterocycles. The summed E-state index contributed by atoms with van der Waals surface area (Å²) in [5, 5.41) is 0. The second-order valence-electron chi connectivity index (χ2n) is 3.59. The summed E-state index contributed by atoms with van der Waals surface area (Å²) in [6.45, 7) is 3.73. The van der Waals surface area contributed by atoms with E-state index in [1.165, 1.54) is 6.07 Å². The van der Waals surface area contributed by atoms with E-state index in [1.54, 1.807) is 13.0 Å². The third-order valence-electron chi connectivity index (χ3n) is 2.25. The summed E-state index contributed by atoms with van der Waals surface area (Å²) >= 11 is 4.88. The van der Waals surface area contributed by atoms with Gasteiger partial charge in [0, 0.05) is 5.92 Å². The lowest BCUT2D eigenvalue weighted by molar-refractivity contribution is 0.616. The van der Waals surface area contributed by atoms with E-state index in [0.29, 0.717) is 10.6 Å². The average molecular weight is 211 g/mol. The third-order valence-corrected chi connectivity index (χ3v) is 2.65. The Morgan fingerprint density at radius 3 is 2.71 bits per heavy atom. The highest BCUT2D eigenvalue weighted by molar-refractivity contribution is 7.80. The number of nitrogens with two attached hydrogens (primary N) is 1. The van der Waals surface area contributed by atoms with Crippen LogP contribution in [-0.2, 0) is 6.42 Å². The molecule has 1 atom stereocenters. The zero-order valence-corrected chi connectivity index (χ0v) is 9.20. The molecule has 1 nitrogen and oxygen atoms in total. The van der Waals surface area contributed by atoms with E-state index in [2.05, 4.69) is 0 Å². The van der Waals surface area contributed by atoms with Gasteiger partial charge in [0.15, 0.2) is 0 Å². The molecule has 14 heavy (non-hydrogen) atoms. The highest BCUT2D eigenvalue weighted by Crippen LogP contribution is 2.13. The maximum atomic E-state index is 12.9. The molecule has 0 amide bonds. The summed E-state index contributed by atoms with van der Waals surface area (Å²) < 4.78 is 12.9. The fourth-order valence-corrected chi connectivity index (χ4v) is 1.37. The zero-order valence-electron chi connectivity index (χ0n) is 8.38. The third kappa shape index (κ3) is 2.77. The first-order valence-corrected chi connectivity index (χ1v) is 4.96. The number of thiocarbonyl (C=S) groups is 1. The SMILES string of the molecule is Cc1cc(CC(C)C(N)=S)ccc1F. The molecule has 3 heteroatoms. The molecular weight excluding hydrogens is 197 g/mol. The minimum Gasteiger partial charge on any atom is -0.393 e. The van der Waals surface area contributed by atoms with Crippen molar-refractivity contribution in [2.24, 2.45) is 11.7 Å². The Hall–Kier alpha value is -0.960. The molecule has 0 spiro atoms. The predicted molar refractivity (Wildman–Crippen MR) is 60.8 cm³/mol. The summed E-state index contributed by atoms with van der Waals surface area (Å²) in [7, 11) is 0. The van der Waals surface area contributed by atoms with Gasteiger partial charge < -0.3 is 5.73 Å². The Morgan fingerprint density at radius 1 is 1.57 bits per heavy atom. The molecule has 0 saturated carbocycles. The van der Waals surface area contributed by atoms with E-state index in [9.17, 15) is 4.39 Å². The lowest BCUT2D eigenvalue weighted by Gasteiger charge is -2.09. The summed E-state index contributed by atoms with van der Waals surface area (Å²) in [4.78, 5) is 0.506. The smallest absolute Gasteiger partial charge is 0.126 e. The molecule has 0 aromatic heterocycles. The molecule has 76 valence electrons. The van der Waals surface area contributed by atoms with Gasteiger partial charge >= 0.3 is 0 Å². The largest absolute Gasteiger partial charge is 0.393 e. The van der Waals surface area contributed by atoms with Crippen LogP contribution in [0, 0.1) is 18.7 Å². The normalized spacial score (nSPS) is 12.5. The van der Waals surface area contributed by atoms with Crippen molar-refractivity contribution in [1.29, 1.82) is 0 Å². The van der Waals surface area contributed by atoms with E-state index in [0.717, 1.165) is 12.0 Å². The van der Waals surface area contributed by atoms with Gasteiger partial charge in [0.05, 0.1) is 4.99 Å². The molecule has 1 unspecified atom stereocenters. The van der Waals surface area contributed by atoms with Gasteiger partial charge in [0.2, 0.25) is 0 Å². The number of hydrogen-bond donors (Lipinski definition) is 1. The highest BCUT2D eigenvalue weighted by atomic mass is 32.1. The first-order chi connectivity index (χ1) is 6.50. The topological polar surface area (TPSA) is 26.0 Å². The van der Waals surface area contributed by atoms with Gasteiger partial charge in [0.1, 0.15) is 5.82 Å². The number of aryl methyl sites for hydroxylation is 1. The number of rotatable bonds is 3. The summed E-state index contributed by atoms with van der Waals surface area (Å²) in [5.41, 5.74) is 7.25. The Morgan fingerprint density at radius 2 is 2.21 bits per heavy atom. The molecule has 0 radical (unpaired) electrons. The maximum Gasteiger partial charge on any atom is 0.126 e. The monoisotopic (exact) mass is 211 g/mol. The maximum absolute atomic E-state index is 12.9. The van der Waals surface area contributed by atoms with E-state index >= 15 is 0 Å². The molecule has 0 saturated heterocycles. The fraction of sp³-hybridized carbons (Fsp3) is 0.364. The van der Waals surface area contributed by atoms with Crippen LogP contribution in [0.2, 0.25) is 0 Å². The summed E-state index contributed by atoms with van der Waals surface area (Å²) in [6.07, 6.45) is 0.774. The van der Waals surface area contributed by atoms with Gasteiger partial charge in [0.25, 0.3) is 0 Å². The number of benzene rings is 1. The fourth-order valence-electron chi connectivity index (χ4n) is 1.29.